The van der Waals surface area contributed by atoms with E-state index in [2.05, 4.69) is 5.32 Å². The first-order valence-corrected chi connectivity index (χ1v) is 10.2. The fraction of sp³-hybridized carbons (Fsp3) is 0.235. The second-order valence-electron chi connectivity index (χ2n) is 5.85. The number of nitro groups is 1. The lowest BCUT2D eigenvalue weighted by Crippen LogP contribution is -2.45. The van der Waals surface area contributed by atoms with Crippen LogP contribution in [0, 0.1) is 10.1 Å². The molecule has 11 heteroatoms. The van der Waals surface area contributed by atoms with Crippen LogP contribution in [0.15, 0.2) is 42.5 Å². The molecule has 2 aromatic carbocycles. The van der Waals surface area contributed by atoms with Gasteiger partial charge in [-0.3, -0.25) is 19.2 Å². The first kappa shape index (κ1) is 21.5. The van der Waals surface area contributed by atoms with Crippen LogP contribution in [-0.2, 0) is 14.8 Å². The van der Waals surface area contributed by atoms with Crippen molar-refractivity contribution in [1.29, 1.82) is 0 Å². The van der Waals surface area contributed by atoms with E-state index in [0.717, 1.165) is 16.6 Å². The summed E-state index contributed by atoms with van der Waals surface area (Å²) in [6.45, 7) is 1.38. The first-order valence-electron chi connectivity index (χ1n) is 7.93. The summed E-state index contributed by atoms with van der Waals surface area (Å²) in [5.41, 5.74) is 0.0583. The average molecular weight is 428 g/mol. The summed E-state index contributed by atoms with van der Waals surface area (Å²) in [6, 6.07) is 8.43. The van der Waals surface area contributed by atoms with Gasteiger partial charge in [0.05, 0.1) is 29.0 Å². The number of carbonyl (C=O) groups excluding carboxylic acids is 1. The van der Waals surface area contributed by atoms with Crippen molar-refractivity contribution in [2.45, 2.75) is 13.0 Å². The number of rotatable bonds is 7. The normalized spacial score (nSPS) is 12.1. The van der Waals surface area contributed by atoms with Crippen molar-refractivity contribution in [3.63, 3.8) is 0 Å². The van der Waals surface area contributed by atoms with E-state index in [-0.39, 0.29) is 16.4 Å². The number of amides is 1. The highest BCUT2D eigenvalue weighted by Gasteiger charge is 2.30. The monoisotopic (exact) mass is 427 g/mol. The number of sulfonamides is 1. The molecule has 0 heterocycles. The number of methoxy groups -OCH3 is 1. The SMILES string of the molecule is COc1ccc(NC(=O)[C@@H](C)N(c2cccc([N+](=O)[O-])c2)S(C)(=O)=O)cc1Cl. The molecule has 0 fully saturated rings. The summed E-state index contributed by atoms with van der Waals surface area (Å²) in [5.74, 6) is -0.222. The van der Waals surface area contributed by atoms with Gasteiger partial charge in [-0.15, -0.1) is 0 Å². The predicted octanol–water partition coefficient (Wildman–Crippen LogP) is 3.05. The van der Waals surface area contributed by atoms with Crippen LogP contribution in [0.3, 0.4) is 0 Å². The van der Waals surface area contributed by atoms with Crippen LogP contribution in [0.25, 0.3) is 0 Å². The maximum absolute atomic E-state index is 12.6. The van der Waals surface area contributed by atoms with Gasteiger partial charge in [-0.2, -0.15) is 0 Å². The van der Waals surface area contributed by atoms with Crippen LogP contribution in [-0.4, -0.2) is 38.7 Å². The second-order valence-corrected chi connectivity index (χ2v) is 8.12. The van der Waals surface area contributed by atoms with Crippen LogP contribution in [0.4, 0.5) is 17.1 Å². The van der Waals surface area contributed by atoms with Crippen molar-refractivity contribution in [2.24, 2.45) is 0 Å². The van der Waals surface area contributed by atoms with E-state index in [4.69, 9.17) is 16.3 Å². The van der Waals surface area contributed by atoms with Crippen LogP contribution < -0.4 is 14.4 Å². The number of anilines is 2. The van der Waals surface area contributed by atoms with E-state index in [9.17, 15) is 23.3 Å². The van der Waals surface area contributed by atoms with Gasteiger partial charge in [0.2, 0.25) is 15.9 Å². The molecule has 0 aliphatic carbocycles. The number of hydrogen-bond donors (Lipinski definition) is 1. The minimum Gasteiger partial charge on any atom is -0.495 e. The van der Waals surface area contributed by atoms with Crippen LogP contribution >= 0.6 is 11.6 Å². The minimum atomic E-state index is -3.91. The maximum Gasteiger partial charge on any atom is 0.271 e. The highest BCUT2D eigenvalue weighted by molar-refractivity contribution is 7.92. The third-order valence-electron chi connectivity index (χ3n) is 3.80. The van der Waals surface area contributed by atoms with Crippen molar-refractivity contribution >= 4 is 44.6 Å². The van der Waals surface area contributed by atoms with Crippen molar-refractivity contribution in [3.05, 3.63) is 57.6 Å². The summed E-state index contributed by atoms with van der Waals surface area (Å²) >= 11 is 6.02. The molecule has 9 nitrogen and oxygen atoms in total. The van der Waals surface area contributed by atoms with Gasteiger partial charge in [0.15, 0.2) is 0 Å². The zero-order chi connectivity index (χ0) is 21.1. The number of nitrogens with zero attached hydrogens (tertiary/aromatic N) is 2. The Morgan fingerprint density at radius 1 is 1.29 bits per heavy atom. The predicted molar refractivity (Wildman–Crippen MR) is 107 cm³/mol. The minimum absolute atomic E-state index is 0.00659. The largest absolute Gasteiger partial charge is 0.495 e. The molecule has 0 bridgehead atoms. The van der Waals surface area contributed by atoms with Crippen LogP contribution in [0.1, 0.15) is 6.92 Å². The van der Waals surface area contributed by atoms with E-state index in [0.29, 0.717) is 11.4 Å². The number of non-ortho nitro benzene ring substituents is 1. The number of ether oxygens (including phenoxy) is 1. The second kappa shape index (κ2) is 8.44. The third kappa shape index (κ3) is 4.90. The topological polar surface area (TPSA) is 119 Å². The number of benzene rings is 2. The first-order chi connectivity index (χ1) is 13.0. The van der Waals surface area contributed by atoms with Gasteiger partial charge in [-0.1, -0.05) is 17.7 Å². The van der Waals surface area contributed by atoms with Crippen molar-refractivity contribution in [2.75, 3.05) is 23.0 Å². The fourth-order valence-corrected chi connectivity index (χ4v) is 3.97. The van der Waals surface area contributed by atoms with E-state index in [1.54, 1.807) is 12.1 Å². The van der Waals surface area contributed by atoms with E-state index >= 15 is 0 Å². The van der Waals surface area contributed by atoms with Gasteiger partial charge in [-0.05, 0) is 31.2 Å². The highest BCUT2D eigenvalue weighted by atomic mass is 35.5. The molecule has 0 radical (unpaired) electrons. The van der Waals surface area contributed by atoms with Crippen molar-refractivity contribution < 1.29 is 22.9 Å². The Morgan fingerprint density at radius 3 is 2.50 bits per heavy atom. The van der Waals surface area contributed by atoms with Crippen LogP contribution in [0.2, 0.25) is 5.02 Å². The molecule has 28 heavy (non-hydrogen) atoms. The van der Waals surface area contributed by atoms with Gasteiger partial charge < -0.3 is 10.1 Å². The fourth-order valence-electron chi connectivity index (χ4n) is 2.54. The summed E-state index contributed by atoms with van der Waals surface area (Å²) in [4.78, 5) is 23.0. The maximum atomic E-state index is 12.6. The molecular weight excluding hydrogens is 410 g/mol. The lowest BCUT2D eigenvalue weighted by molar-refractivity contribution is -0.384. The van der Waals surface area contributed by atoms with E-state index in [1.165, 1.54) is 38.3 Å². The van der Waals surface area contributed by atoms with Gasteiger partial charge in [0.1, 0.15) is 11.8 Å². The van der Waals surface area contributed by atoms with Crippen LogP contribution in [0.5, 0.6) is 5.75 Å². The Balaban J connectivity index is 2.34. The third-order valence-corrected chi connectivity index (χ3v) is 5.34. The van der Waals surface area contributed by atoms with Gasteiger partial charge in [-0.25, -0.2) is 8.42 Å². The lowest BCUT2D eigenvalue weighted by atomic mass is 10.2. The zero-order valence-electron chi connectivity index (χ0n) is 15.2. The average Bonchev–Trinajstić information content (AvgIpc) is 2.61. The Bertz CT molecular complexity index is 1010. The van der Waals surface area contributed by atoms with Gasteiger partial charge in [0, 0.05) is 17.8 Å². The molecular formula is C17H18ClN3O6S. The van der Waals surface area contributed by atoms with Crippen molar-refractivity contribution in [3.8, 4) is 5.75 Å². The summed E-state index contributed by atoms with van der Waals surface area (Å²) in [5, 5.41) is 13.8. The molecule has 0 aromatic heterocycles. The number of halogens is 1. The van der Waals surface area contributed by atoms with E-state index in [1.807, 2.05) is 0 Å². The molecule has 1 amide bonds. The Labute approximate surface area is 167 Å². The Morgan fingerprint density at radius 2 is 1.96 bits per heavy atom. The number of nitro benzene ring substituents is 1. The molecule has 0 unspecified atom stereocenters. The molecule has 0 saturated heterocycles. The Kier molecular flexibility index (Phi) is 6.47. The van der Waals surface area contributed by atoms with E-state index < -0.39 is 26.9 Å². The molecule has 0 aliphatic heterocycles. The standard InChI is InChI=1S/C17H18ClN3O6S/c1-11(17(22)19-12-7-8-16(27-2)15(18)9-12)20(28(3,25)26)13-5-4-6-14(10-13)21(23)24/h4-11H,1-3H3,(H,19,22)/t11-/m1/s1. The molecule has 150 valence electrons. The smallest absolute Gasteiger partial charge is 0.271 e. The molecule has 0 aliphatic rings. The molecule has 0 spiro atoms. The lowest BCUT2D eigenvalue weighted by Gasteiger charge is -2.28. The summed E-state index contributed by atoms with van der Waals surface area (Å²) in [7, 11) is -2.46. The molecule has 1 N–H and O–H groups in total. The quantitative estimate of drug-likeness (QED) is 0.535. The molecule has 2 rings (SSSR count). The molecule has 1 atom stereocenters. The van der Waals surface area contributed by atoms with Gasteiger partial charge in [0.25, 0.3) is 5.69 Å². The highest BCUT2D eigenvalue weighted by Crippen LogP contribution is 2.28. The number of carbonyl (C=O) groups is 1. The summed E-state index contributed by atoms with van der Waals surface area (Å²) < 4.78 is 30.4. The van der Waals surface area contributed by atoms with Gasteiger partial charge >= 0.3 is 0 Å². The van der Waals surface area contributed by atoms with Crippen molar-refractivity contribution in [1.82, 2.24) is 0 Å². The number of nitrogens with one attached hydrogen (secondary N) is 1. The Hall–Kier alpha value is -2.85. The number of hydrogen-bond acceptors (Lipinski definition) is 6. The zero-order valence-corrected chi connectivity index (χ0v) is 16.8. The summed E-state index contributed by atoms with van der Waals surface area (Å²) in [6.07, 6.45) is 0.917. The molecule has 0 saturated carbocycles. The molecule has 2 aromatic rings.